The van der Waals surface area contributed by atoms with Crippen LogP contribution in [0.25, 0.3) is 0 Å². The van der Waals surface area contributed by atoms with Gasteiger partial charge in [-0.25, -0.2) is 17.2 Å². The van der Waals surface area contributed by atoms with Crippen LogP contribution in [0, 0.1) is 11.6 Å². The summed E-state index contributed by atoms with van der Waals surface area (Å²) in [5.74, 6) is -1.89. The molecule has 2 rings (SSSR count). The van der Waals surface area contributed by atoms with Crippen molar-refractivity contribution in [3.63, 3.8) is 0 Å². The molecule has 17 heavy (non-hydrogen) atoms. The first-order valence-corrected chi connectivity index (χ1v) is 6.88. The van der Waals surface area contributed by atoms with Gasteiger partial charge in [0.15, 0.2) is 0 Å². The van der Waals surface area contributed by atoms with E-state index in [1.165, 1.54) is 0 Å². The van der Waals surface area contributed by atoms with Gasteiger partial charge < -0.3 is 0 Å². The Balaban J connectivity index is 2.38. The highest BCUT2D eigenvalue weighted by Gasteiger charge is 2.33. The summed E-state index contributed by atoms with van der Waals surface area (Å²) in [6.45, 7) is 0.411. The lowest BCUT2D eigenvalue weighted by Gasteiger charge is -2.16. The molecule has 0 aliphatic carbocycles. The zero-order valence-electron chi connectivity index (χ0n) is 8.74. The van der Waals surface area contributed by atoms with Crippen LogP contribution in [0.1, 0.15) is 6.42 Å². The molecule has 0 saturated carbocycles. The summed E-state index contributed by atoms with van der Waals surface area (Å²) >= 11 is 5.81. The molecule has 1 fully saturated rings. The van der Waals surface area contributed by atoms with Crippen LogP contribution in [0.15, 0.2) is 23.1 Å². The van der Waals surface area contributed by atoms with Gasteiger partial charge in [0.2, 0.25) is 10.0 Å². The molecule has 1 heterocycles. The monoisotopic (exact) mass is 281 g/mol. The molecular weight excluding hydrogens is 272 g/mol. The molecule has 1 unspecified atom stereocenters. The third-order valence-corrected chi connectivity index (χ3v) is 4.86. The molecule has 1 aromatic rings. The van der Waals surface area contributed by atoms with Crippen LogP contribution in [-0.2, 0) is 10.0 Å². The van der Waals surface area contributed by atoms with Crippen molar-refractivity contribution in [3.8, 4) is 0 Å². The van der Waals surface area contributed by atoms with E-state index < -0.39 is 26.6 Å². The van der Waals surface area contributed by atoms with E-state index in [1.54, 1.807) is 0 Å². The fraction of sp³-hybridized carbons (Fsp3) is 0.400. The van der Waals surface area contributed by atoms with Crippen LogP contribution < -0.4 is 0 Å². The van der Waals surface area contributed by atoms with Crippen LogP contribution in [0.4, 0.5) is 8.78 Å². The summed E-state index contributed by atoms with van der Waals surface area (Å²) in [6, 6.07) is 2.41. The number of nitrogens with zero attached hydrogens (tertiary/aromatic N) is 1. The normalized spacial score (nSPS) is 21.9. The molecule has 0 aromatic heterocycles. The number of halogens is 3. The Morgan fingerprint density at radius 2 is 2.06 bits per heavy atom. The number of benzene rings is 1. The molecule has 3 nitrogen and oxygen atoms in total. The van der Waals surface area contributed by atoms with Crippen LogP contribution in [0.5, 0.6) is 0 Å². The van der Waals surface area contributed by atoms with Crippen LogP contribution in [-0.4, -0.2) is 31.2 Å². The van der Waals surface area contributed by atoms with E-state index in [9.17, 15) is 17.2 Å². The first-order valence-electron chi connectivity index (χ1n) is 5.00. The maximum Gasteiger partial charge on any atom is 0.246 e. The maximum atomic E-state index is 13.4. The third kappa shape index (κ3) is 2.43. The molecular formula is C10H10ClF2NO2S. The molecule has 0 spiro atoms. The van der Waals surface area contributed by atoms with E-state index in [0.29, 0.717) is 12.5 Å². The lowest BCUT2D eigenvalue weighted by molar-refractivity contribution is 0.468. The Labute approximate surface area is 103 Å². The highest BCUT2D eigenvalue weighted by atomic mass is 35.5. The Morgan fingerprint density at radius 1 is 1.35 bits per heavy atom. The van der Waals surface area contributed by atoms with E-state index in [0.717, 1.165) is 16.4 Å². The van der Waals surface area contributed by atoms with Gasteiger partial charge in [0.25, 0.3) is 0 Å². The van der Waals surface area contributed by atoms with Gasteiger partial charge in [0.1, 0.15) is 16.5 Å². The minimum Gasteiger partial charge on any atom is -0.207 e. The lowest BCUT2D eigenvalue weighted by Crippen LogP contribution is -2.29. The Morgan fingerprint density at radius 3 is 2.59 bits per heavy atom. The van der Waals surface area contributed by atoms with Crippen molar-refractivity contribution in [1.29, 1.82) is 0 Å². The SMILES string of the molecule is O=S(=O)(c1ccc(F)cc1F)N1CCC(Cl)C1. The van der Waals surface area contributed by atoms with Crippen molar-refractivity contribution in [3.05, 3.63) is 29.8 Å². The van der Waals surface area contributed by atoms with E-state index in [2.05, 4.69) is 0 Å². The molecule has 7 heteroatoms. The van der Waals surface area contributed by atoms with Crippen molar-refractivity contribution in [2.75, 3.05) is 13.1 Å². The Hall–Kier alpha value is -0.720. The Kier molecular flexibility index (Phi) is 3.38. The zero-order valence-corrected chi connectivity index (χ0v) is 10.3. The van der Waals surface area contributed by atoms with Gasteiger partial charge in [0.05, 0.1) is 0 Å². The molecule has 1 aromatic carbocycles. The molecule has 1 saturated heterocycles. The Bertz CT molecular complexity index is 535. The average molecular weight is 282 g/mol. The first-order chi connectivity index (χ1) is 7.91. The molecule has 0 radical (unpaired) electrons. The number of sulfonamides is 1. The standard InChI is InChI=1S/C10H10ClF2NO2S/c11-7-3-4-14(6-7)17(15,16)10-2-1-8(12)5-9(10)13/h1-2,5,7H,3-4,6H2. The quantitative estimate of drug-likeness (QED) is 0.777. The minimum atomic E-state index is -3.91. The van der Waals surface area contributed by atoms with Crippen LogP contribution in [0.2, 0.25) is 0 Å². The summed E-state index contributed by atoms with van der Waals surface area (Å²) in [6.07, 6.45) is 0.531. The lowest BCUT2D eigenvalue weighted by atomic mass is 10.3. The van der Waals surface area contributed by atoms with Crippen molar-refractivity contribution >= 4 is 21.6 Å². The third-order valence-electron chi connectivity index (χ3n) is 2.61. The smallest absolute Gasteiger partial charge is 0.207 e. The molecule has 1 atom stereocenters. The second-order valence-corrected chi connectivity index (χ2v) is 6.35. The highest BCUT2D eigenvalue weighted by molar-refractivity contribution is 7.89. The highest BCUT2D eigenvalue weighted by Crippen LogP contribution is 2.25. The number of hydrogen-bond acceptors (Lipinski definition) is 2. The predicted molar refractivity (Wildman–Crippen MR) is 59.4 cm³/mol. The van der Waals surface area contributed by atoms with Gasteiger partial charge in [-0.1, -0.05) is 0 Å². The molecule has 1 aliphatic heterocycles. The largest absolute Gasteiger partial charge is 0.246 e. The first kappa shape index (κ1) is 12.7. The number of hydrogen-bond donors (Lipinski definition) is 0. The zero-order chi connectivity index (χ0) is 12.6. The fourth-order valence-corrected chi connectivity index (χ4v) is 3.62. The van der Waals surface area contributed by atoms with Crippen LogP contribution >= 0.6 is 11.6 Å². The van der Waals surface area contributed by atoms with Crippen LogP contribution in [0.3, 0.4) is 0 Å². The van der Waals surface area contributed by atoms with E-state index >= 15 is 0 Å². The van der Waals surface area contributed by atoms with Crippen molar-refractivity contribution in [2.45, 2.75) is 16.7 Å². The summed E-state index contributed by atoms with van der Waals surface area (Å²) < 4.78 is 51.3. The van der Waals surface area contributed by atoms with Gasteiger partial charge in [-0.3, -0.25) is 0 Å². The number of alkyl halides is 1. The van der Waals surface area contributed by atoms with Crippen molar-refractivity contribution in [1.82, 2.24) is 4.31 Å². The molecule has 0 N–H and O–H groups in total. The van der Waals surface area contributed by atoms with Gasteiger partial charge >= 0.3 is 0 Å². The van der Waals surface area contributed by atoms with Gasteiger partial charge in [0, 0.05) is 24.5 Å². The van der Waals surface area contributed by atoms with Crippen molar-refractivity contribution in [2.24, 2.45) is 0 Å². The molecule has 1 aliphatic rings. The summed E-state index contributed by atoms with van der Waals surface area (Å²) in [5, 5.41) is -0.256. The van der Waals surface area contributed by atoms with Crippen molar-refractivity contribution < 1.29 is 17.2 Å². The van der Waals surface area contributed by atoms with E-state index in [4.69, 9.17) is 11.6 Å². The molecule has 0 amide bonds. The van der Waals surface area contributed by atoms with Gasteiger partial charge in [-0.2, -0.15) is 4.31 Å². The minimum absolute atomic E-state index is 0.153. The summed E-state index contributed by atoms with van der Waals surface area (Å²) in [7, 11) is -3.91. The second kappa shape index (κ2) is 4.51. The second-order valence-electron chi connectivity index (χ2n) is 3.82. The summed E-state index contributed by atoms with van der Waals surface area (Å²) in [4.78, 5) is -0.510. The average Bonchev–Trinajstić information content (AvgIpc) is 2.64. The fourth-order valence-electron chi connectivity index (χ4n) is 1.73. The van der Waals surface area contributed by atoms with E-state index in [-0.39, 0.29) is 18.5 Å². The topological polar surface area (TPSA) is 37.4 Å². The van der Waals surface area contributed by atoms with E-state index in [1.807, 2.05) is 0 Å². The predicted octanol–water partition coefficient (Wildman–Crippen LogP) is 1.97. The summed E-state index contributed by atoms with van der Waals surface area (Å²) in [5.41, 5.74) is 0. The maximum absolute atomic E-state index is 13.4. The molecule has 0 bridgehead atoms. The van der Waals surface area contributed by atoms with Gasteiger partial charge in [-0.15, -0.1) is 11.6 Å². The molecule has 94 valence electrons. The van der Waals surface area contributed by atoms with Gasteiger partial charge in [-0.05, 0) is 18.6 Å². The number of rotatable bonds is 2.